The molecule has 1 atom stereocenters. The number of nitrogens with zero attached hydrogens (tertiary/aromatic N) is 1. The molecule has 2 aliphatic rings. The fourth-order valence-electron chi connectivity index (χ4n) is 2.85. The highest BCUT2D eigenvalue weighted by atomic mass is 32.2. The molecular weight excluding hydrogens is 318 g/mol. The summed E-state index contributed by atoms with van der Waals surface area (Å²) in [5.74, 6) is 1.08. The van der Waals surface area contributed by atoms with E-state index in [1.54, 1.807) is 19.2 Å². The fourth-order valence-corrected chi connectivity index (χ4v) is 4.05. The second kappa shape index (κ2) is 7.07. The Bertz CT molecular complexity index is 640. The predicted octanol–water partition coefficient (Wildman–Crippen LogP) is 2.04. The van der Waals surface area contributed by atoms with Crippen molar-refractivity contribution in [2.75, 3.05) is 33.4 Å². The van der Waals surface area contributed by atoms with Crippen molar-refractivity contribution in [1.82, 2.24) is 4.31 Å². The smallest absolute Gasteiger partial charge is 0.242 e. The number of benzene rings is 1. The Labute approximate surface area is 137 Å². The van der Waals surface area contributed by atoms with Crippen LogP contribution >= 0.6 is 0 Å². The third-order valence-corrected chi connectivity index (χ3v) is 6.11. The van der Waals surface area contributed by atoms with Crippen molar-refractivity contribution >= 4 is 10.0 Å². The van der Waals surface area contributed by atoms with Gasteiger partial charge in [-0.3, -0.25) is 0 Å². The normalized spacial score (nSPS) is 21.4. The summed E-state index contributed by atoms with van der Waals surface area (Å²) in [7, 11) is -1.92. The second-order valence-corrected chi connectivity index (χ2v) is 7.95. The van der Waals surface area contributed by atoms with Gasteiger partial charge in [0.05, 0.1) is 11.0 Å². The Morgan fingerprint density at radius 3 is 2.65 bits per heavy atom. The lowest BCUT2D eigenvalue weighted by atomic mass is 10.1. The van der Waals surface area contributed by atoms with Crippen molar-refractivity contribution in [1.29, 1.82) is 0 Å². The van der Waals surface area contributed by atoms with E-state index in [0.717, 1.165) is 32.3 Å². The molecule has 2 aliphatic heterocycles. The summed E-state index contributed by atoms with van der Waals surface area (Å²) in [6, 6.07) is 4.76. The van der Waals surface area contributed by atoms with Crippen LogP contribution in [0.1, 0.15) is 25.7 Å². The molecule has 0 spiro atoms. The Morgan fingerprint density at radius 2 is 1.91 bits per heavy atom. The van der Waals surface area contributed by atoms with Crippen molar-refractivity contribution < 1.29 is 22.6 Å². The van der Waals surface area contributed by atoms with Crippen LogP contribution in [0.5, 0.6) is 11.5 Å². The lowest BCUT2D eigenvalue weighted by molar-refractivity contribution is 0.00950. The SMILES string of the molecule is CN(CCC1CCCCO1)S(=O)(=O)c1ccc2c(c1)OCCO2. The molecule has 1 aromatic carbocycles. The molecule has 1 saturated heterocycles. The molecule has 6 nitrogen and oxygen atoms in total. The van der Waals surface area contributed by atoms with Gasteiger partial charge in [0, 0.05) is 26.3 Å². The molecule has 1 aromatic rings. The average Bonchev–Trinajstić information content (AvgIpc) is 2.60. The Kier molecular flexibility index (Phi) is 5.08. The van der Waals surface area contributed by atoms with Gasteiger partial charge in [-0.15, -0.1) is 0 Å². The Balaban J connectivity index is 1.67. The van der Waals surface area contributed by atoms with Gasteiger partial charge >= 0.3 is 0 Å². The standard InChI is InChI=1S/C16H23NO5S/c1-17(8-7-13-4-2-3-9-20-13)23(18,19)14-5-6-15-16(12-14)22-11-10-21-15/h5-6,12-13H,2-4,7-11H2,1H3. The summed E-state index contributed by atoms with van der Waals surface area (Å²) in [4.78, 5) is 0.230. The summed E-state index contributed by atoms with van der Waals surface area (Å²) in [5.41, 5.74) is 0. The predicted molar refractivity (Wildman–Crippen MR) is 85.5 cm³/mol. The minimum absolute atomic E-state index is 0.168. The van der Waals surface area contributed by atoms with Crippen molar-refractivity contribution in [2.45, 2.75) is 36.7 Å². The zero-order chi connectivity index (χ0) is 16.3. The van der Waals surface area contributed by atoms with E-state index >= 15 is 0 Å². The van der Waals surface area contributed by atoms with Crippen molar-refractivity contribution in [2.24, 2.45) is 0 Å². The van der Waals surface area contributed by atoms with E-state index < -0.39 is 10.0 Å². The van der Waals surface area contributed by atoms with Gasteiger partial charge in [-0.2, -0.15) is 0 Å². The van der Waals surface area contributed by atoms with Crippen LogP contribution in [0.4, 0.5) is 0 Å². The number of hydrogen-bond acceptors (Lipinski definition) is 5. The van der Waals surface area contributed by atoms with E-state index in [4.69, 9.17) is 14.2 Å². The third kappa shape index (κ3) is 3.79. The molecule has 3 rings (SSSR count). The van der Waals surface area contributed by atoms with E-state index in [2.05, 4.69) is 0 Å². The molecule has 23 heavy (non-hydrogen) atoms. The molecular formula is C16H23NO5S. The second-order valence-electron chi connectivity index (χ2n) is 5.91. The van der Waals surface area contributed by atoms with Crippen molar-refractivity contribution in [3.63, 3.8) is 0 Å². The van der Waals surface area contributed by atoms with E-state index in [-0.39, 0.29) is 11.0 Å². The lowest BCUT2D eigenvalue weighted by Crippen LogP contribution is -2.31. The number of fused-ring (bicyclic) bond motifs is 1. The maximum absolute atomic E-state index is 12.7. The minimum atomic E-state index is -3.53. The van der Waals surface area contributed by atoms with Gasteiger partial charge < -0.3 is 14.2 Å². The molecule has 0 aliphatic carbocycles. The molecule has 0 N–H and O–H groups in total. The average molecular weight is 341 g/mol. The third-order valence-electron chi connectivity index (χ3n) is 4.26. The van der Waals surface area contributed by atoms with E-state index in [0.29, 0.717) is 31.3 Å². The monoisotopic (exact) mass is 341 g/mol. The van der Waals surface area contributed by atoms with E-state index in [1.165, 1.54) is 10.4 Å². The Hall–Kier alpha value is -1.31. The summed E-state index contributed by atoms with van der Waals surface area (Å²) < 4.78 is 43.3. The summed E-state index contributed by atoms with van der Waals surface area (Å²) in [6.07, 6.45) is 4.16. The quantitative estimate of drug-likeness (QED) is 0.820. The van der Waals surface area contributed by atoms with E-state index in [9.17, 15) is 8.42 Å². The van der Waals surface area contributed by atoms with E-state index in [1.807, 2.05) is 0 Å². The van der Waals surface area contributed by atoms with Crippen molar-refractivity contribution in [3.05, 3.63) is 18.2 Å². The van der Waals surface area contributed by atoms with Gasteiger partial charge in [-0.25, -0.2) is 12.7 Å². The first-order valence-corrected chi connectivity index (χ1v) is 9.49. The van der Waals surface area contributed by atoms with Gasteiger partial charge in [-0.05, 0) is 37.8 Å². The highest BCUT2D eigenvalue weighted by Crippen LogP contribution is 2.33. The molecule has 0 aromatic heterocycles. The molecule has 2 heterocycles. The summed E-state index contributed by atoms with van der Waals surface area (Å²) in [6.45, 7) is 2.15. The first kappa shape index (κ1) is 16.5. The van der Waals surface area contributed by atoms with Crippen LogP contribution < -0.4 is 9.47 Å². The minimum Gasteiger partial charge on any atom is -0.486 e. The fraction of sp³-hybridized carbons (Fsp3) is 0.625. The van der Waals surface area contributed by atoms with Crippen LogP contribution in [0.2, 0.25) is 0 Å². The number of sulfonamides is 1. The molecule has 128 valence electrons. The van der Waals surface area contributed by atoms with Crippen LogP contribution in [0.15, 0.2) is 23.1 Å². The van der Waals surface area contributed by atoms with Gasteiger partial charge in [-0.1, -0.05) is 0 Å². The first-order valence-electron chi connectivity index (χ1n) is 8.05. The van der Waals surface area contributed by atoms with Crippen LogP contribution in [-0.4, -0.2) is 52.2 Å². The maximum Gasteiger partial charge on any atom is 0.242 e. The Morgan fingerprint density at radius 1 is 1.13 bits per heavy atom. The number of ether oxygens (including phenoxy) is 3. The molecule has 0 amide bonds. The van der Waals surface area contributed by atoms with Crippen LogP contribution in [-0.2, 0) is 14.8 Å². The van der Waals surface area contributed by atoms with Crippen LogP contribution in [0, 0.1) is 0 Å². The number of rotatable bonds is 5. The molecule has 7 heteroatoms. The van der Waals surface area contributed by atoms with Crippen molar-refractivity contribution in [3.8, 4) is 11.5 Å². The van der Waals surface area contributed by atoms with Gasteiger partial charge in [0.1, 0.15) is 13.2 Å². The molecule has 0 radical (unpaired) electrons. The van der Waals surface area contributed by atoms with Gasteiger partial charge in [0.2, 0.25) is 10.0 Å². The highest BCUT2D eigenvalue weighted by Gasteiger charge is 2.25. The maximum atomic E-state index is 12.7. The topological polar surface area (TPSA) is 65.1 Å². The molecule has 1 unspecified atom stereocenters. The summed E-state index contributed by atoms with van der Waals surface area (Å²) >= 11 is 0. The molecule has 0 bridgehead atoms. The zero-order valence-electron chi connectivity index (χ0n) is 13.4. The van der Waals surface area contributed by atoms with Gasteiger partial charge in [0.15, 0.2) is 11.5 Å². The molecule has 1 fully saturated rings. The number of hydrogen-bond donors (Lipinski definition) is 0. The van der Waals surface area contributed by atoms with Gasteiger partial charge in [0.25, 0.3) is 0 Å². The molecule has 0 saturated carbocycles. The highest BCUT2D eigenvalue weighted by molar-refractivity contribution is 7.89. The lowest BCUT2D eigenvalue weighted by Gasteiger charge is -2.25. The zero-order valence-corrected chi connectivity index (χ0v) is 14.2. The van der Waals surface area contributed by atoms with Crippen LogP contribution in [0.3, 0.4) is 0 Å². The largest absolute Gasteiger partial charge is 0.486 e. The first-order chi connectivity index (χ1) is 11.1. The summed E-state index contributed by atoms with van der Waals surface area (Å²) in [5, 5.41) is 0. The van der Waals surface area contributed by atoms with Crippen LogP contribution in [0.25, 0.3) is 0 Å².